The van der Waals surface area contributed by atoms with Gasteiger partial charge in [-0.1, -0.05) is 26.6 Å². The van der Waals surface area contributed by atoms with E-state index >= 15 is 0 Å². The van der Waals surface area contributed by atoms with Gasteiger partial charge in [-0.2, -0.15) is 0 Å². The molecule has 13 nitrogen and oxygen atoms in total. The van der Waals surface area contributed by atoms with Gasteiger partial charge in [-0.15, -0.1) is 0 Å². The zero-order valence-corrected chi connectivity index (χ0v) is 26.3. The first-order valence-corrected chi connectivity index (χ1v) is 18.7. The third-order valence-electron chi connectivity index (χ3n) is 9.29. The van der Waals surface area contributed by atoms with E-state index in [0.717, 1.165) is 22.3 Å². The number of aliphatic hydroxyl groups is 1. The number of ether oxygens (including phenoxy) is 1. The van der Waals surface area contributed by atoms with E-state index in [4.69, 9.17) is 16.2 Å². The Hall–Kier alpha value is -2.97. The van der Waals surface area contributed by atoms with Crippen LogP contribution in [0.15, 0.2) is 11.4 Å². The lowest BCUT2D eigenvalue weighted by molar-refractivity contribution is -0.142. The summed E-state index contributed by atoms with van der Waals surface area (Å²) < 4.78 is 5.77. The molecule has 0 aromatic heterocycles. The molecule has 5 N–H and O–H groups in total. The Kier molecular flexibility index (Phi) is 9.10. The smallest absolute Gasteiger partial charge is 0.334 e. The highest BCUT2D eigenvalue weighted by molar-refractivity contribution is 6.76. The average molecular weight is 607 g/mol. The van der Waals surface area contributed by atoms with Gasteiger partial charge in [-0.05, 0) is 57.4 Å². The normalized spacial score (nSPS) is 26.5. The molecule has 7 amide bonds. The molecule has 1 spiro atoms. The average Bonchev–Trinajstić information content (AvgIpc) is 3.10. The number of urea groups is 2. The fraction of sp³-hybridized carbons (Fsp3) is 0.750. The summed E-state index contributed by atoms with van der Waals surface area (Å²) in [5.74, 6) is -2.27. The van der Waals surface area contributed by atoms with Crippen LogP contribution < -0.4 is 11.5 Å². The molecule has 2 heterocycles. The van der Waals surface area contributed by atoms with Gasteiger partial charge in [0.1, 0.15) is 23.7 Å². The van der Waals surface area contributed by atoms with Crippen molar-refractivity contribution in [2.45, 2.75) is 95.6 Å². The number of imide groups is 3. The van der Waals surface area contributed by atoms with Gasteiger partial charge >= 0.3 is 12.1 Å². The van der Waals surface area contributed by atoms with E-state index < -0.39 is 60.3 Å². The van der Waals surface area contributed by atoms with Crippen molar-refractivity contribution < 1.29 is 33.8 Å². The van der Waals surface area contributed by atoms with E-state index in [9.17, 15) is 29.1 Å². The lowest BCUT2D eigenvalue weighted by Gasteiger charge is -2.49. The van der Waals surface area contributed by atoms with Crippen molar-refractivity contribution in [1.29, 1.82) is 0 Å². The summed E-state index contributed by atoms with van der Waals surface area (Å²) in [5.41, 5.74) is 9.34. The summed E-state index contributed by atoms with van der Waals surface area (Å²) in [7, 11) is -1.33. The maximum atomic E-state index is 13.6. The molecule has 2 aliphatic carbocycles. The minimum Gasteiger partial charge on any atom is -0.396 e. The zero-order valence-electron chi connectivity index (χ0n) is 25.3. The number of amides is 7. The van der Waals surface area contributed by atoms with Gasteiger partial charge in [0.25, 0.3) is 17.7 Å². The molecule has 42 heavy (non-hydrogen) atoms. The summed E-state index contributed by atoms with van der Waals surface area (Å²) in [6, 6.07) is -0.701. The number of carbonyl (C=O) groups is 5. The first-order valence-electron chi connectivity index (χ1n) is 15.0. The van der Waals surface area contributed by atoms with Crippen LogP contribution in [0.3, 0.4) is 0 Å². The van der Waals surface area contributed by atoms with Crippen molar-refractivity contribution in [3.05, 3.63) is 11.4 Å². The molecule has 2 aliphatic heterocycles. The number of rotatable bonds is 11. The van der Waals surface area contributed by atoms with E-state index in [0.29, 0.717) is 51.6 Å². The topological polar surface area (TPSA) is 180 Å². The van der Waals surface area contributed by atoms with Crippen LogP contribution in [0.4, 0.5) is 9.59 Å². The number of nitrogens with zero attached hydrogens (tertiary/aromatic N) is 4. The summed E-state index contributed by atoms with van der Waals surface area (Å²) in [4.78, 5) is 71.3. The van der Waals surface area contributed by atoms with E-state index in [-0.39, 0.29) is 32.3 Å². The molecule has 0 unspecified atom stereocenters. The quantitative estimate of drug-likeness (QED) is 0.104. The minimum atomic E-state index is -1.33. The molecule has 14 heteroatoms. The van der Waals surface area contributed by atoms with Crippen LogP contribution in [0.1, 0.15) is 58.3 Å². The van der Waals surface area contributed by atoms with E-state index in [1.54, 1.807) is 4.90 Å². The first-order chi connectivity index (χ1) is 19.7. The number of hydrogen-bond donors (Lipinski definition) is 3. The Bertz CT molecular complexity index is 1150. The molecular formula is C28H46N6O7Si. The number of hydrogen-bond acceptors (Lipinski definition) is 9. The predicted molar refractivity (Wildman–Crippen MR) is 156 cm³/mol. The van der Waals surface area contributed by atoms with Crippen LogP contribution in [0, 0.1) is 5.41 Å². The van der Waals surface area contributed by atoms with E-state index in [2.05, 4.69) is 19.6 Å². The first kappa shape index (κ1) is 32.0. The van der Waals surface area contributed by atoms with Gasteiger partial charge in [0, 0.05) is 39.2 Å². The van der Waals surface area contributed by atoms with Crippen LogP contribution in [-0.4, -0.2) is 107 Å². The minimum absolute atomic E-state index is 0.0825. The van der Waals surface area contributed by atoms with Crippen molar-refractivity contribution in [1.82, 2.24) is 19.6 Å². The number of carbonyl (C=O) groups excluding carboxylic acids is 5. The summed E-state index contributed by atoms with van der Waals surface area (Å²) in [6.07, 6.45) is 4.00. The standard InChI is InChI=1S/C28H46N6O7Si/c1-5-13-31-22(36)20(21(29)30)23(37)34(26(31)40)19-7-11-27(17-35,12-8-19)16-33-25(39)32(18-41-14-15-42(2,3)4)24(38)28(33)9-6-10-28/h19,35H,5-18,29-30H2,1-4H3. The third-order valence-corrected chi connectivity index (χ3v) is 11.0. The Labute approximate surface area is 248 Å². The molecule has 2 saturated heterocycles. The largest absolute Gasteiger partial charge is 0.396 e. The molecule has 0 aromatic carbocycles. The van der Waals surface area contributed by atoms with Crippen molar-refractivity contribution in [2.24, 2.45) is 16.9 Å². The second-order valence-corrected chi connectivity index (χ2v) is 19.1. The number of aliphatic hydroxyl groups excluding tert-OH is 1. The van der Waals surface area contributed by atoms with Crippen LogP contribution in [0.5, 0.6) is 0 Å². The van der Waals surface area contributed by atoms with Crippen LogP contribution in [-0.2, 0) is 19.1 Å². The Balaban J connectivity index is 1.48. The van der Waals surface area contributed by atoms with E-state index in [1.807, 2.05) is 6.92 Å². The van der Waals surface area contributed by atoms with Crippen LogP contribution in [0.2, 0.25) is 25.7 Å². The molecule has 0 atom stereocenters. The van der Waals surface area contributed by atoms with Crippen LogP contribution in [0.25, 0.3) is 0 Å². The van der Waals surface area contributed by atoms with Crippen LogP contribution >= 0.6 is 0 Å². The van der Waals surface area contributed by atoms with Gasteiger partial charge in [0.05, 0.1) is 6.61 Å². The monoisotopic (exact) mass is 606 g/mol. The number of nitrogens with two attached hydrogens (primary N) is 2. The second-order valence-electron chi connectivity index (χ2n) is 13.5. The lowest BCUT2D eigenvalue weighted by atomic mass is 9.69. The molecule has 0 radical (unpaired) electrons. The predicted octanol–water partition coefficient (Wildman–Crippen LogP) is 1.74. The summed E-state index contributed by atoms with van der Waals surface area (Å²) in [5, 5.41) is 10.6. The van der Waals surface area contributed by atoms with Gasteiger partial charge in [-0.3, -0.25) is 24.2 Å². The fourth-order valence-corrected chi connectivity index (χ4v) is 7.22. The van der Waals surface area contributed by atoms with Gasteiger partial charge in [-0.25, -0.2) is 14.5 Å². The highest BCUT2D eigenvalue weighted by Gasteiger charge is 2.61. The summed E-state index contributed by atoms with van der Waals surface area (Å²) in [6.45, 7) is 9.01. The zero-order chi connectivity index (χ0) is 31.0. The molecule has 4 aliphatic rings. The third kappa shape index (κ3) is 5.67. The maximum Gasteiger partial charge on any atom is 0.334 e. The Morgan fingerprint density at radius 2 is 1.62 bits per heavy atom. The van der Waals surface area contributed by atoms with Gasteiger partial charge in [0.2, 0.25) is 0 Å². The van der Waals surface area contributed by atoms with Crippen molar-refractivity contribution in [3.8, 4) is 0 Å². The molecule has 0 aromatic rings. The molecular weight excluding hydrogens is 560 g/mol. The molecule has 0 bridgehead atoms. The number of barbiturate groups is 1. The fourth-order valence-electron chi connectivity index (χ4n) is 6.46. The van der Waals surface area contributed by atoms with Crippen molar-refractivity contribution in [2.75, 3.05) is 33.0 Å². The van der Waals surface area contributed by atoms with Crippen molar-refractivity contribution in [3.63, 3.8) is 0 Å². The van der Waals surface area contributed by atoms with Crippen molar-refractivity contribution >= 4 is 37.9 Å². The van der Waals surface area contributed by atoms with Gasteiger partial charge < -0.3 is 26.2 Å². The second kappa shape index (κ2) is 12.0. The maximum absolute atomic E-state index is 13.6. The van der Waals surface area contributed by atoms with E-state index in [1.165, 1.54) is 4.90 Å². The SMILES string of the molecule is CCCN1C(=O)C(=C(N)N)C(=O)N(C2CCC(CO)(CN3C(=O)N(COCC[Si](C)(C)C)C(=O)C34CCC4)CC2)C1=O. The molecule has 4 fully saturated rings. The Morgan fingerprint density at radius 1 is 0.976 bits per heavy atom. The molecule has 4 rings (SSSR count). The Morgan fingerprint density at radius 3 is 2.12 bits per heavy atom. The molecule has 2 saturated carbocycles. The summed E-state index contributed by atoms with van der Waals surface area (Å²) >= 11 is 0. The lowest BCUT2D eigenvalue weighted by Crippen LogP contribution is -2.62. The highest BCUT2D eigenvalue weighted by atomic mass is 28.3. The molecule has 234 valence electrons. The highest BCUT2D eigenvalue weighted by Crippen LogP contribution is 2.48. The van der Waals surface area contributed by atoms with Gasteiger partial charge in [0.15, 0.2) is 0 Å².